The molecule has 6 rings (SSSR count). The highest BCUT2D eigenvalue weighted by Gasteiger charge is 2.29. The number of hydrogen-bond donors (Lipinski definition) is 2. The number of nitrogens with one attached hydrogen (secondary N) is 2. The van der Waals surface area contributed by atoms with Crippen molar-refractivity contribution in [2.75, 3.05) is 49.5 Å². The molecule has 1 saturated carbocycles. The zero-order valence-corrected chi connectivity index (χ0v) is 31.2. The summed E-state index contributed by atoms with van der Waals surface area (Å²) in [5.74, 6) is 0.342. The summed E-state index contributed by atoms with van der Waals surface area (Å²) in [6, 6.07) is 19.5. The number of allylic oxidation sites excluding steroid dienone is 1. The zero-order valence-electron chi connectivity index (χ0n) is 29.6. The largest absolute Gasteiger partial charge is 0.379 e. The van der Waals surface area contributed by atoms with Crippen molar-refractivity contribution in [3.05, 3.63) is 98.1 Å². The Balaban J connectivity index is 1.03. The average molecular weight is 716 g/mol. The number of anilines is 2. The second kappa shape index (κ2) is 16.2. The highest BCUT2D eigenvalue weighted by Crippen LogP contribution is 2.43. The van der Waals surface area contributed by atoms with E-state index in [1.54, 1.807) is 11.6 Å². The molecule has 3 aromatic rings. The van der Waals surface area contributed by atoms with Crippen LogP contribution >= 0.6 is 23.5 Å². The van der Waals surface area contributed by atoms with E-state index in [1.807, 2.05) is 37.3 Å². The number of carbonyl (C=O) groups excluding carboxylic acids is 1. The number of amides is 1. The van der Waals surface area contributed by atoms with E-state index < -0.39 is 0 Å². The lowest BCUT2D eigenvalue weighted by molar-refractivity contribution is -0.384. The van der Waals surface area contributed by atoms with Crippen molar-refractivity contribution in [2.24, 2.45) is 11.3 Å². The van der Waals surface area contributed by atoms with Gasteiger partial charge in [0.05, 0.1) is 4.92 Å². The van der Waals surface area contributed by atoms with E-state index in [9.17, 15) is 14.9 Å². The van der Waals surface area contributed by atoms with Crippen molar-refractivity contribution in [3.63, 3.8) is 0 Å². The third kappa shape index (κ3) is 9.22. The summed E-state index contributed by atoms with van der Waals surface area (Å²) in [5, 5.41) is 15.9. The van der Waals surface area contributed by atoms with Crippen LogP contribution in [0.3, 0.4) is 0 Å². The van der Waals surface area contributed by atoms with E-state index in [2.05, 4.69) is 51.9 Å². The molecular weight excluding hydrogens is 666 g/mol. The number of carbonyl (C=O) groups is 1. The summed E-state index contributed by atoms with van der Waals surface area (Å²) in [5.41, 5.74) is 7.82. The molecule has 1 amide bonds. The lowest BCUT2D eigenvalue weighted by atomic mass is 9.72. The van der Waals surface area contributed by atoms with Crippen molar-refractivity contribution in [2.45, 2.75) is 77.0 Å². The summed E-state index contributed by atoms with van der Waals surface area (Å²) in [6.45, 7) is 12.3. The molecule has 1 aliphatic heterocycles. The van der Waals surface area contributed by atoms with Gasteiger partial charge in [0.2, 0.25) is 0 Å². The van der Waals surface area contributed by atoms with Gasteiger partial charge in [0.1, 0.15) is 5.69 Å². The first-order chi connectivity index (χ1) is 24.0. The van der Waals surface area contributed by atoms with Gasteiger partial charge in [0.25, 0.3) is 11.6 Å². The van der Waals surface area contributed by atoms with Gasteiger partial charge in [-0.2, -0.15) is 0 Å². The van der Waals surface area contributed by atoms with Crippen LogP contribution in [-0.4, -0.2) is 55.0 Å². The Morgan fingerprint density at radius 2 is 1.74 bits per heavy atom. The fraction of sp³-hybridized carbons (Fsp3) is 0.475. The van der Waals surface area contributed by atoms with E-state index in [0.29, 0.717) is 27.5 Å². The number of hydrogen-bond acceptors (Lipinski definition) is 7. The number of nitro groups is 1. The number of aryl methyl sites for hydroxylation is 1. The van der Waals surface area contributed by atoms with Crippen LogP contribution in [0.15, 0.2) is 71.1 Å². The summed E-state index contributed by atoms with van der Waals surface area (Å²) < 4.78 is 2.90. The molecule has 2 fully saturated rings. The van der Waals surface area contributed by atoms with Crippen LogP contribution in [0.4, 0.5) is 17.1 Å². The first kappa shape index (κ1) is 36.3. The molecule has 0 spiro atoms. The van der Waals surface area contributed by atoms with Gasteiger partial charge in [-0.05, 0) is 121 Å². The van der Waals surface area contributed by atoms with Gasteiger partial charge < -0.3 is 10.2 Å². The Labute approximate surface area is 306 Å². The minimum absolute atomic E-state index is 0.0297. The molecule has 0 aromatic heterocycles. The van der Waals surface area contributed by atoms with Crippen molar-refractivity contribution >= 4 is 52.1 Å². The molecular formula is C40H50ClN5O3S. The smallest absolute Gasteiger partial charge is 0.293 e. The van der Waals surface area contributed by atoms with Crippen LogP contribution in [0, 0.1) is 28.4 Å². The SMILES string of the molecule is Cc1cc(N2CCN(CC3=C(c4ccc(Cl)cc4)CC(C)(C)CC3)CC2)ccc1C(=O)NSc1ccc(NCC2CCCCC2)c([N+](=O)[O-])c1. The van der Waals surface area contributed by atoms with Crippen molar-refractivity contribution in [3.8, 4) is 0 Å². The maximum atomic E-state index is 13.2. The predicted molar refractivity (Wildman–Crippen MR) is 207 cm³/mol. The molecule has 1 heterocycles. The van der Waals surface area contributed by atoms with Crippen molar-refractivity contribution in [1.29, 1.82) is 0 Å². The monoisotopic (exact) mass is 715 g/mol. The molecule has 0 bridgehead atoms. The van der Waals surface area contributed by atoms with Crippen LogP contribution in [0.2, 0.25) is 5.02 Å². The van der Waals surface area contributed by atoms with Crippen molar-refractivity contribution < 1.29 is 9.72 Å². The molecule has 266 valence electrons. The number of rotatable bonds is 11. The third-order valence-electron chi connectivity index (χ3n) is 10.7. The predicted octanol–water partition coefficient (Wildman–Crippen LogP) is 9.77. The highest BCUT2D eigenvalue weighted by atomic mass is 35.5. The van der Waals surface area contributed by atoms with Crippen LogP contribution in [-0.2, 0) is 0 Å². The molecule has 0 unspecified atom stereocenters. The van der Waals surface area contributed by atoms with E-state index in [-0.39, 0.29) is 16.5 Å². The molecule has 3 aromatic carbocycles. The Morgan fingerprint density at radius 1 is 1.00 bits per heavy atom. The Kier molecular flexibility index (Phi) is 11.8. The fourth-order valence-electron chi connectivity index (χ4n) is 7.68. The van der Waals surface area contributed by atoms with E-state index in [0.717, 1.165) is 80.3 Å². The summed E-state index contributed by atoms with van der Waals surface area (Å²) in [7, 11) is 0. The highest BCUT2D eigenvalue weighted by molar-refractivity contribution is 7.98. The lowest BCUT2D eigenvalue weighted by Crippen LogP contribution is -2.47. The van der Waals surface area contributed by atoms with Crippen molar-refractivity contribution in [1.82, 2.24) is 9.62 Å². The van der Waals surface area contributed by atoms with Gasteiger partial charge in [-0.25, -0.2) is 0 Å². The van der Waals surface area contributed by atoms with Gasteiger partial charge in [-0.3, -0.25) is 24.5 Å². The van der Waals surface area contributed by atoms with E-state index >= 15 is 0 Å². The second-order valence-corrected chi connectivity index (χ2v) is 16.4. The molecule has 2 aliphatic carbocycles. The number of nitro benzene ring substituents is 1. The molecule has 50 heavy (non-hydrogen) atoms. The average Bonchev–Trinajstić information content (AvgIpc) is 3.11. The van der Waals surface area contributed by atoms with Crippen LogP contribution in [0.25, 0.3) is 5.57 Å². The molecule has 2 N–H and O–H groups in total. The number of halogens is 1. The van der Waals surface area contributed by atoms with E-state index in [4.69, 9.17) is 11.6 Å². The number of piperazine rings is 1. The lowest BCUT2D eigenvalue weighted by Gasteiger charge is -2.39. The first-order valence-corrected chi connectivity index (χ1v) is 19.3. The maximum absolute atomic E-state index is 13.2. The van der Waals surface area contributed by atoms with Crippen LogP contribution < -0.4 is 14.9 Å². The summed E-state index contributed by atoms with van der Waals surface area (Å²) in [6.07, 6.45) is 9.51. The molecule has 8 nitrogen and oxygen atoms in total. The maximum Gasteiger partial charge on any atom is 0.293 e. The molecule has 0 atom stereocenters. The minimum Gasteiger partial charge on any atom is -0.379 e. The normalized spacial score (nSPS) is 18.6. The third-order valence-corrected chi connectivity index (χ3v) is 11.7. The number of benzene rings is 3. The quantitative estimate of drug-likeness (QED) is 0.116. The molecule has 3 aliphatic rings. The second-order valence-electron chi connectivity index (χ2n) is 15.0. The summed E-state index contributed by atoms with van der Waals surface area (Å²) in [4.78, 5) is 30.3. The summed E-state index contributed by atoms with van der Waals surface area (Å²) >= 11 is 7.31. The van der Waals surface area contributed by atoms with Gasteiger partial charge in [0.15, 0.2) is 0 Å². The first-order valence-electron chi connectivity index (χ1n) is 18.1. The van der Waals surface area contributed by atoms with Gasteiger partial charge >= 0.3 is 0 Å². The fourth-order valence-corrected chi connectivity index (χ4v) is 8.43. The van der Waals surface area contributed by atoms with E-state index in [1.165, 1.54) is 55.7 Å². The zero-order chi connectivity index (χ0) is 35.3. The standard InChI is InChI=1S/C40H50ClN5O3S/c1-28-23-33(45-21-19-44(20-22-45)27-31-17-18-40(2,3)25-36(31)30-9-11-32(41)12-10-30)13-15-35(28)39(47)43-50-34-14-16-37(38(24-34)46(48)49)42-26-29-7-5-4-6-8-29/h9-16,23-24,29,42H,4-8,17-22,25-27H2,1-3H3,(H,43,47). The molecule has 10 heteroatoms. The Bertz CT molecular complexity index is 1710. The van der Waals surface area contributed by atoms with Crippen LogP contribution in [0.5, 0.6) is 0 Å². The van der Waals surface area contributed by atoms with Crippen LogP contribution in [0.1, 0.15) is 86.7 Å². The van der Waals surface area contributed by atoms with Gasteiger partial charge in [0, 0.05) is 66.5 Å². The Hall–Kier alpha value is -3.53. The molecule has 1 saturated heterocycles. The topological polar surface area (TPSA) is 90.8 Å². The molecule has 0 radical (unpaired) electrons. The van der Waals surface area contributed by atoms with Gasteiger partial charge in [-0.15, -0.1) is 0 Å². The Morgan fingerprint density at radius 3 is 2.44 bits per heavy atom. The minimum atomic E-state index is -0.357. The van der Waals surface area contributed by atoms with Gasteiger partial charge in [-0.1, -0.05) is 62.4 Å². The number of nitrogens with zero attached hydrogens (tertiary/aromatic N) is 3.